The van der Waals surface area contributed by atoms with Gasteiger partial charge < -0.3 is 19.9 Å². The van der Waals surface area contributed by atoms with Gasteiger partial charge in [0.25, 0.3) is 5.91 Å². The Balaban J connectivity index is 1.24. The highest BCUT2D eigenvalue weighted by Crippen LogP contribution is 2.31. The normalized spacial score (nSPS) is 23.8. The fourth-order valence-corrected chi connectivity index (χ4v) is 4.68. The van der Waals surface area contributed by atoms with Crippen molar-refractivity contribution in [1.29, 1.82) is 0 Å². The second-order valence-electron chi connectivity index (χ2n) is 9.31. The zero-order valence-electron chi connectivity index (χ0n) is 18.5. The Morgan fingerprint density at radius 2 is 1.83 bits per heavy atom. The molecular weight excluding hydrogens is 382 g/mol. The van der Waals surface area contributed by atoms with Gasteiger partial charge in [0.05, 0.1) is 11.8 Å². The van der Waals surface area contributed by atoms with E-state index in [9.17, 15) is 9.59 Å². The maximum Gasteiger partial charge on any atom is 0.269 e. The van der Waals surface area contributed by atoms with Gasteiger partial charge in [0.15, 0.2) is 0 Å². The molecule has 2 amide bonds. The predicted octanol–water partition coefficient (Wildman–Crippen LogP) is 1.12. The van der Waals surface area contributed by atoms with E-state index in [4.69, 9.17) is 4.74 Å². The molecule has 1 unspecified atom stereocenters. The monoisotopic (exact) mass is 417 g/mol. The van der Waals surface area contributed by atoms with Crippen molar-refractivity contribution in [3.63, 3.8) is 0 Å². The van der Waals surface area contributed by atoms with Crippen molar-refractivity contribution >= 4 is 11.8 Å². The molecule has 166 valence electrons. The fraction of sp³-hybridized carbons (Fsp3) is 0.773. The number of likely N-dealkylation sites (tertiary alicyclic amines) is 1. The lowest BCUT2D eigenvalue weighted by molar-refractivity contribution is -0.149. The third-order valence-corrected chi connectivity index (χ3v) is 6.85. The van der Waals surface area contributed by atoms with Crippen molar-refractivity contribution in [2.24, 2.45) is 18.9 Å². The van der Waals surface area contributed by atoms with Crippen molar-refractivity contribution in [1.82, 2.24) is 24.9 Å². The molecule has 3 fully saturated rings. The molecule has 1 saturated carbocycles. The van der Waals surface area contributed by atoms with Crippen LogP contribution >= 0.6 is 0 Å². The van der Waals surface area contributed by atoms with Gasteiger partial charge in [-0.25, -0.2) is 0 Å². The van der Waals surface area contributed by atoms with Crippen LogP contribution in [0.3, 0.4) is 0 Å². The first kappa shape index (κ1) is 21.3. The number of aromatic nitrogens is 2. The van der Waals surface area contributed by atoms with E-state index in [1.54, 1.807) is 11.7 Å². The first-order valence-corrected chi connectivity index (χ1v) is 11.3. The van der Waals surface area contributed by atoms with Crippen LogP contribution in [0.2, 0.25) is 0 Å². The van der Waals surface area contributed by atoms with Crippen molar-refractivity contribution in [3.8, 4) is 0 Å². The fourth-order valence-electron chi connectivity index (χ4n) is 4.68. The van der Waals surface area contributed by atoms with Gasteiger partial charge in [-0.3, -0.25) is 14.3 Å². The second-order valence-corrected chi connectivity index (χ2v) is 9.31. The van der Waals surface area contributed by atoms with Gasteiger partial charge in [0, 0.05) is 38.8 Å². The summed E-state index contributed by atoms with van der Waals surface area (Å²) in [6, 6.07) is 0. The van der Waals surface area contributed by atoms with Crippen LogP contribution in [0.15, 0.2) is 0 Å². The molecule has 8 nitrogen and oxygen atoms in total. The molecule has 0 aromatic carbocycles. The molecule has 30 heavy (non-hydrogen) atoms. The Labute approximate surface area is 178 Å². The molecule has 3 heterocycles. The summed E-state index contributed by atoms with van der Waals surface area (Å²) in [4.78, 5) is 29.5. The summed E-state index contributed by atoms with van der Waals surface area (Å²) in [7, 11) is 1.78. The highest BCUT2D eigenvalue weighted by atomic mass is 16.5. The van der Waals surface area contributed by atoms with E-state index < -0.39 is 0 Å². The Hall–Kier alpha value is -1.93. The van der Waals surface area contributed by atoms with Gasteiger partial charge in [-0.1, -0.05) is 0 Å². The maximum atomic E-state index is 12.6. The Kier molecular flexibility index (Phi) is 6.43. The minimum atomic E-state index is -0.170. The summed E-state index contributed by atoms with van der Waals surface area (Å²) in [5.74, 6) is 1.43. The lowest BCUT2D eigenvalue weighted by atomic mass is 9.95. The molecule has 4 rings (SSSR count). The van der Waals surface area contributed by atoms with E-state index >= 15 is 0 Å². The van der Waals surface area contributed by atoms with Crippen molar-refractivity contribution < 1.29 is 14.3 Å². The van der Waals surface area contributed by atoms with Crippen LogP contribution in [0, 0.1) is 25.7 Å². The minimum Gasteiger partial charge on any atom is -0.365 e. The summed E-state index contributed by atoms with van der Waals surface area (Å²) in [5, 5.41) is 7.27. The zero-order valence-corrected chi connectivity index (χ0v) is 18.5. The number of piperidine rings is 1. The van der Waals surface area contributed by atoms with Crippen LogP contribution < -0.4 is 5.32 Å². The largest absolute Gasteiger partial charge is 0.365 e. The molecule has 8 heteroatoms. The summed E-state index contributed by atoms with van der Waals surface area (Å²) in [6.45, 7) is 9.23. The standard InChI is InChI=1S/C22H35N5O3/c1-15-16(2)24-25(3)21(15)22(29)23-10-19-13-27(20(28)14-30-19)12-18-6-8-26(9-7-18)11-17-4-5-17/h17-19H,4-14H2,1-3H3,(H,23,29). The number of carbonyl (C=O) groups is 2. The summed E-state index contributed by atoms with van der Waals surface area (Å²) in [5.41, 5.74) is 2.33. The van der Waals surface area contributed by atoms with Crippen LogP contribution in [-0.4, -0.2) is 83.4 Å². The number of amides is 2. The average molecular weight is 418 g/mol. The van der Waals surface area contributed by atoms with E-state index in [-0.39, 0.29) is 24.5 Å². The Bertz CT molecular complexity index is 780. The van der Waals surface area contributed by atoms with E-state index in [0.29, 0.717) is 24.7 Å². The van der Waals surface area contributed by atoms with Crippen LogP contribution in [0.5, 0.6) is 0 Å². The molecule has 2 saturated heterocycles. The molecule has 1 aliphatic carbocycles. The van der Waals surface area contributed by atoms with Crippen LogP contribution in [0.4, 0.5) is 0 Å². The first-order chi connectivity index (χ1) is 14.4. The van der Waals surface area contributed by atoms with Crippen molar-refractivity contribution in [3.05, 3.63) is 17.0 Å². The lowest BCUT2D eigenvalue weighted by Gasteiger charge is -2.38. The number of aryl methyl sites for hydroxylation is 2. The smallest absolute Gasteiger partial charge is 0.269 e. The first-order valence-electron chi connectivity index (χ1n) is 11.3. The number of morpholine rings is 1. The number of nitrogens with one attached hydrogen (secondary N) is 1. The minimum absolute atomic E-state index is 0.0658. The number of nitrogens with zero attached hydrogens (tertiary/aromatic N) is 4. The maximum absolute atomic E-state index is 12.6. The molecule has 0 bridgehead atoms. The third-order valence-electron chi connectivity index (χ3n) is 6.85. The quantitative estimate of drug-likeness (QED) is 0.719. The molecule has 1 aromatic rings. The molecule has 1 atom stereocenters. The molecule has 1 N–H and O–H groups in total. The topological polar surface area (TPSA) is 79.7 Å². The van der Waals surface area contributed by atoms with E-state index in [1.807, 2.05) is 18.7 Å². The Morgan fingerprint density at radius 3 is 2.47 bits per heavy atom. The molecule has 2 aliphatic heterocycles. The van der Waals surface area contributed by atoms with Crippen LogP contribution in [0.25, 0.3) is 0 Å². The number of carbonyl (C=O) groups excluding carboxylic acids is 2. The van der Waals surface area contributed by atoms with Crippen molar-refractivity contribution in [2.45, 2.75) is 45.6 Å². The van der Waals surface area contributed by atoms with Gasteiger partial charge in [-0.2, -0.15) is 5.10 Å². The molecular formula is C22H35N5O3. The molecule has 0 spiro atoms. The van der Waals surface area contributed by atoms with E-state index in [2.05, 4.69) is 15.3 Å². The number of hydrogen-bond donors (Lipinski definition) is 1. The number of hydrogen-bond acceptors (Lipinski definition) is 5. The summed E-state index contributed by atoms with van der Waals surface area (Å²) in [6.07, 6.45) is 4.96. The highest BCUT2D eigenvalue weighted by molar-refractivity contribution is 5.94. The van der Waals surface area contributed by atoms with Gasteiger partial charge in [-0.15, -0.1) is 0 Å². The van der Waals surface area contributed by atoms with Gasteiger partial charge in [-0.05, 0) is 64.5 Å². The zero-order chi connectivity index (χ0) is 21.3. The van der Waals surface area contributed by atoms with Crippen LogP contribution in [-0.2, 0) is 16.6 Å². The highest BCUT2D eigenvalue weighted by Gasteiger charge is 2.31. The van der Waals surface area contributed by atoms with Gasteiger partial charge in [0.1, 0.15) is 12.3 Å². The van der Waals surface area contributed by atoms with Crippen LogP contribution in [0.1, 0.15) is 47.4 Å². The van der Waals surface area contributed by atoms with E-state index in [0.717, 1.165) is 49.7 Å². The summed E-state index contributed by atoms with van der Waals surface area (Å²) < 4.78 is 7.31. The lowest BCUT2D eigenvalue weighted by Crippen LogP contribution is -2.52. The SMILES string of the molecule is Cc1nn(C)c(C(=O)NCC2CN(CC3CCN(CC4CC4)CC3)C(=O)CO2)c1C. The molecule has 1 aromatic heterocycles. The molecule has 0 radical (unpaired) electrons. The summed E-state index contributed by atoms with van der Waals surface area (Å²) >= 11 is 0. The van der Waals surface area contributed by atoms with Gasteiger partial charge in [0.2, 0.25) is 5.91 Å². The predicted molar refractivity (Wildman–Crippen MR) is 113 cm³/mol. The third kappa shape index (κ3) is 5.03. The van der Waals surface area contributed by atoms with E-state index in [1.165, 1.54) is 19.4 Å². The number of rotatable bonds is 7. The van der Waals surface area contributed by atoms with Gasteiger partial charge >= 0.3 is 0 Å². The Morgan fingerprint density at radius 1 is 1.13 bits per heavy atom. The second kappa shape index (κ2) is 9.06. The molecule has 3 aliphatic rings. The number of ether oxygens (including phenoxy) is 1. The average Bonchev–Trinajstić information content (AvgIpc) is 3.49. The van der Waals surface area contributed by atoms with Crippen molar-refractivity contribution in [2.75, 3.05) is 45.9 Å².